The Balaban J connectivity index is 2.83. The molecule has 9 heteroatoms. The van der Waals surface area contributed by atoms with Crippen LogP contribution < -0.4 is 4.74 Å². The summed E-state index contributed by atoms with van der Waals surface area (Å²) in [5.74, 6) is -0.183. The predicted octanol–water partition coefficient (Wildman–Crippen LogP) is 1.85. The molecule has 5 nitrogen and oxygen atoms in total. The van der Waals surface area contributed by atoms with Gasteiger partial charge in [-0.1, -0.05) is 23.2 Å². The molecule has 0 saturated heterocycles. The van der Waals surface area contributed by atoms with Crippen LogP contribution in [0.5, 0.6) is 5.75 Å². The maximum atomic E-state index is 11.7. The summed E-state index contributed by atoms with van der Waals surface area (Å²) in [6, 6.07) is 0. The van der Waals surface area contributed by atoms with Crippen LogP contribution in [0, 0.1) is 0 Å². The van der Waals surface area contributed by atoms with Crippen molar-refractivity contribution in [1.29, 1.82) is 0 Å². The van der Waals surface area contributed by atoms with Gasteiger partial charge < -0.3 is 9.84 Å². The summed E-state index contributed by atoms with van der Waals surface area (Å²) in [7, 11) is -3.84. The third kappa shape index (κ3) is 1.56. The molecule has 0 amide bonds. The standard InChI is InChI=1S/C8H3Cl3O5S/c9-3-5(16-1-12)4(10)7-2(8(11)13)6(3)17(7,14)15/h12H,1H2. The highest BCUT2D eigenvalue weighted by molar-refractivity contribution is 7.93. The number of sulfone groups is 1. The summed E-state index contributed by atoms with van der Waals surface area (Å²) in [6.07, 6.45) is 0. The Labute approximate surface area is 111 Å². The van der Waals surface area contributed by atoms with Crippen LogP contribution in [-0.2, 0) is 9.84 Å². The van der Waals surface area contributed by atoms with Crippen LogP contribution in [0.4, 0.5) is 0 Å². The lowest BCUT2D eigenvalue weighted by molar-refractivity contribution is 0.0979. The van der Waals surface area contributed by atoms with E-state index in [9.17, 15) is 13.2 Å². The van der Waals surface area contributed by atoms with Crippen molar-refractivity contribution in [2.75, 3.05) is 6.79 Å². The van der Waals surface area contributed by atoms with Gasteiger partial charge in [-0.3, -0.25) is 4.79 Å². The lowest BCUT2D eigenvalue weighted by atomic mass is 10.2. The highest BCUT2D eigenvalue weighted by Gasteiger charge is 2.47. The Hall–Kier alpha value is -0.530. The zero-order valence-electron chi connectivity index (χ0n) is 7.83. The molecule has 2 aliphatic rings. The van der Waals surface area contributed by atoms with Crippen molar-refractivity contribution in [3.05, 3.63) is 15.6 Å². The Morgan fingerprint density at radius 2 is 1.71 bits per heavy atom. The van der Waals surface area contributed by atoms with Gasteiger partial charge in [-0.25, -0.2) is 8.42 Å². The van der Waals surface area contributed by atoms with E-state index in [1.54, 1.807) is 0 Å². The van der Waals surface area contributed by atoms with E-state index in [4.69, 9.17) is 39.9 Å². The summed E-state index contributed by atoms with van der Waals surface area (Å²) in [6.45, 7) is -0.730. The number of halogens is 3. The number of aliphatic hydroxyl groups excluding tert-OH is 1. The molecule has 2 aliphatic heterocycles. The quantitative estimate of drug-likeness (QED) is 0.690. The molecule has 3 rings (SSSR count). The summed E-state index contributed by atoms with van der Waals surface area (Å²) in [5.41, 5.74) is -0.244. The fourth-order valence-electron chi connectivity index (χ4n) is 1.56. The van der Waals surface area contributed by atoms with Gasteiger partial charge in [0.2, 0.25) is 9.84 Å². The van der Waals surface area contributed by atoms with Crippen LogP contribution in [-0.4, -0.2) is 25.6 Å². The van der Waals surface area contributed by atoms with Gasteiger partial charge in [0.05, 0.1) is 5.56 Å². The van der Waals surface area contributed by atoms with Crippen molar-refractivity contribution in [3.63, 3.8) is 0 Å². The number of benzene rings is 1. The largest absolute Gasteiger partial charge is 0.465 e. The SMILES string of the molecule is O=C(Cl)c1c2c(Cl)c(OCO)c(Cl)c1S2(=O)=O. The number of carbonyl (C=O) groups excluding carboxylic acids is 1. The second kappa shape index (κ2) is 4.00. The summed E-state index contributed by atoms with van der Waals surface area (Å²) in [4.78, 5) is 10.2. The van der Waals surface area contributed by atoms with Gasteiger partial charge in [-0.2, -0.15) is 0 Å². The first-order valence-electron chi connectivity index (χ1n) is 4.07. The minimum atomic E-state index is -3.84. The number of fused-ring (bicyclic) bond motifs is 2. The van der Waals surface area contributed by atoms with E-state index >= 15 is 0 Å². The molecule has 0 aliphatic carbocycles. The third-order valence-electron chi connectivity index (χ3n) is 2.19. The van der Waals surface area contributed by atoms with Gasteiger partial charge in [0, 0.05) is 0 Å². The highest BCUT2D eigenvalue weighted by Crippen LogP contribution is 2.54. The molecule has 1 aromatic rings. The Morgan fingerprint density at radius 3 is 2.06 bits per heavy atom. The average molecular weight is 318 g/mol. The number of hydrogen-bond donors (Lipinski definition) is 1. The van der Waals surface area contributed by atoms with E-state index in [1.807, 2.05) is 0 Å². The molecule has 0 atom stereocenters. The first-order chi connectivity index (χ1) is 7.84. The highest BCUT2D eigenvalue weighted by atomic mass is 35.5. The molecular formula is C8H3Cl3O5S. The van der Waals surface area contributed by atoms with E-state index in [0.29, 0.717) is 0 Å². The van der Waals surface area contributed by atoms with E-state index in [0.717, 1.165) is 0 Å². The van der Waals surface area contributed by atoms with Crippen LogP contribution in [0.1, 0.15) is 10.4 Å². The number of ether oxygens (including phenoxy) is 1. The van der Waals surface area contributed by atoms with Crippen LogP contribution in [0.3, 0.4) is 0 Å². The third-order valence-corrected chi connectivity index (χ3v) is 5.22. The van der Waals surface area contributed by atoms with Crippen LogP contribution in [0.15, 0.2) is 9.79 Å². The van der Waals surface area contributed by atoms with Crippen LogP contribution in [0.2, 0.25) is 10.0 Å². The second-order valence-electron chi connectivity index (χ2n) is 3.04. The van der Waals surface area contributed by atoms with Gasteiger partial charge in [-0.05, 0) is 11.6 Å². The van der Waals surface area contributed by atoms with Gasteiger partial charge >= 0.3 is 0 Å². The Bertz CT molecular complexity index is 600. The number of hydrogen-bond acceptors (Lipinski definition) is 5. The van der Waals surface area contributed by atoms with E-state index in [1.165, 1.54) is 0 Å². The molecule has 0 fully saturated rings. The second-order valence-corrected chi connectivity index (χ2v) is 5.96. The van der Waals surface area contributed by atoms with Crippen molar-refractivity contribution in [2.45, 2.75) is 9.79 Å². The molecule has 2 bridgehead atoms. The minimum absolute atomic E-state index is 0.183. The zero-order valence-corrected chi connectivity index (χ0v) is 10.9. The van der Waals surface area contributed by atoms with Crippen LogP contribution in [0.25, 0.3) is 0 Å². The summed E-state index contributed by atoms with van der Waals surface area (Å²) < 4.78 is 28.0. The topological polar surface area (TPSA) is 80.7 Å². The average Bonchev–Trinajstić information content (AvgIpc) is 2.20. The van der Waals surface area contributed by atoms with E-state index in [2.05, 4.69) is 4.74 Å². The first kappa shape index (κ1) is 12.9. The molecule has 17 heavy (non-hydrogen) atoms. The van der Waals surface area contributed by atoms with E-state index < -0.39 is 31.7 Å². The molecular weight excluding hydrogens is 315 g/mol. The molecule has 0 unspecified atom stereocenters. The van der Waals surface area contributed by atoms with E-state index in [-0.39, 0.29) is 21.4 Å². The fourth-order valence-corrected chi connectivity index (χ4v) is 4.64. The molecule has 0 spiro atoms. The van der Waals surface area contributed by atoms with Gasteiger partial charge in [0.15, 0.2) is 12.5 Å². The number of carbonyl (C=O) groups is 1. The maximum absolute atomic E-state index is 11.7. The van der Waals surface area contributed by atoms with Gasteiger partial charge in [0.25, 0.3) is 5.24 Å². The summed E-state index contributed by atoms with van der Waals surface area (Å²) >= 11 is 16.7. The van der Waals surface area contributed by atoms with Crippen molar-refractivity contribution in [2.24, 2.45) is 0 Å². The summed E-state index contributed by atoms with van der Waals surface area (Å²) in [5, 5.41) is 6.92. The minimum Gasteiger partial charge on any atom is -0.465 e. The number of rotatable bonds is 3. The van der Waals surface area contributed by atoms with Crippen molar-refractivity contribution < 1.29 is 23.1 Å². The monoisotopic (exact) mass is 316 g/mol. The normalized spacial score (nSPS) is 15.3. The number of aliphatic hydroxyl groups is 1. The predicted molar refractivity (Wildman–Crippen MR) is 59.8 cm³/mol. The Morgan fingerprint density at radius 1 is 1.24 bits per heavy atom. The molecule has 0 saturated carbocycles. The molecule has 0 aromatic heterocycles. The molecule has 1 aromatic carbocycles. The van der Waals surface area contributed by atoms with Crippen molar-refractivity contribution in [1.82, 2.24) is 0 Å². The molecule has 2 heterocycles. The lowest BCUT2D eigenvalue weighted by Crippen LogP contribution is -2.24. The smallest absolute Gasteiger partial charge is 0.255 e. The van der Waals surface area contributed by atoms with Crippen molar-refractivity contribution in [3.8, 4) is 5.75 Å². The Kier molecular flexibility index (Phi) is 3.04. The first-order valence-corrected chi connectivity index (χ1v) is 6.69. The van der Waals surface area contributed by atoms with Gasteiger partial charge in [0.1, 0.15) is 19.8 Å². The maximum Gasteiger partial charge on any atom is 0.255 e. The fraction of sp³-hybridized carbons (Fsp3) is 0.125. The molecule has 0 radical (unpaired) electrons. The molecule has 1 N–H and O–H groups in total. The van der Waals surface area contributed by atoms with Crippen LogP contribution >= 0.6 is 34.8 Å². The van der Waals surface area contributed by atoms with Gasteiger partial charge in [-0.15, -0.1) is 0 Å². The lowest BCUT2D eigenvalue weighted by Gasteiger charge is -2.26. The van der Waals surface area contributed by atoms with Crippen molar-refractivity contribution >= 4 is 49.9 Å². The zero-order chi connectivity index (χ0) is 13.0. The molecule has 92 valence electrons.